The van der Waals surface area contributed by atoms with Crippen LogP contribution in [0.3, 0.4) is 0 Å². The first-order valence-electron chi connectivity index (χ1n) is 8.52. The van der Waals surface area contributed by atoms with Gasteiger partial charge in [0.2, 0.25) is 0 Å². The maximum Gasteiger partial charge on any atom is 0.254 e. The largest absolute Gasteiger partial charge is 0.390 e. The Morgan fingerprint density at radius 3 is 2.87 bits per heavy atom. The number of benzene rings is 1. The van der Waals surface area contributed by atoms with Gasteiger partial charge in [-0.25, -0.2) is 0 Å². The summed E-state index contributed by atoms with van der Waals surface area (Å²) in [5.41, 5.74) is 1.15. The molecule has 1 aromatic rings. The molecule has 0 saturated carbocycles. The Morgan fingerprint density at radius 1 is 1.39 bits per heavy atom. The molecule has 23 heavy (non-hydrogen) atoms. The van der Waals surface area contributed by atoms with Gasteiger partial charge >= 0.3 is 0 Å². The molecule has 128 valence electrons. The summed E-state index contributed by atoms with van der Waals surface area (Å²) in [5.74, 6) is 0.0943. The maximum absolute atomic E-state index is 12.9. The van der Waals surface area contributed by atoms with E-state index in [0.29, 0.717) is 13.0 Å². The van der Waals surface area contributed by atoms with Crippen LogP contribution in [-0.4, -0.2) is 47.8 Å². The van der Waals surface area contributed by atoms with Crippen LogP contribution in [0.1, 0.15) is 55.5 Å². The number of aliphatic hydroxyl groups is 1. The van der Waals surface area contributed by atoms with E-state index < -0.39 is 5.60 Å². The monoisotopic (exact) mass is 319 g/mol. The summed E-state index contributed by atoms with van der Waals surface area (Å²) in [5, 5.41) is 9.87. The van der Waals surface area contributed by atoms with Crippen LogP contribution in [0.2, 0.25) is 0 Å². The minimum atomic E-state index is -0.684. The molecule has 1 aliphatic heterocycles. The minimum Gasteiger partial charge on any atom is -0.390 e. The highest BCUT2D eigenvalue weighted by Crippen LogP contribution is 2.21. The van der Waals surface area contributed by atoms with Crippen molar-refractivity contribution < 1.29 is 14.6 Å². The van der Waals surface area contributed by atoms with E-state index in [1.807, 2.05) is 43.0 Å². The number of carbonyl (C=O) groups is 1. The first-order chi connectivity index (χ1) is 10.9. The molecule has 1 aliphatic rings. The van der Waals surface area contributed by atoms with Crippen LogP contribution >= 0.6 is 0 Å². The Balaban J connectivity index is 2.09. The summed E-state index contributed by atoms with van der Waals surface area (Å²) in [6.45, 7) is 5.03. The predicted octanol–water partition coefficient (Wildman–Crippen LogP) is 3.03. The van der Waals surface area contributed by atoms with Gasteiger partial charge in [0, 0.05) is 19.2 Å². The lowest BCUT2D eigenvalue weighted by Crippen LogP contribution is -2.46. The zero-order chi connectivity index (χ0) is 16.9. The first-order valence-corrected chi connectivity index (χ1v) is 8.52. The Hall–Kier alpha value is -1.39. The van der Waals surface area contributed by atoms with Crippen LogP contribution in [0.5, 0.6) is 0 Å². The molecule has 1 N–H and O–H groups in total. The van der Waals surface area contributed by atoms with Crippen molar-refractivity contribution in [2.45, 2.75) is 57.6 Å². The summed E-state index contributed by atoms with van der Waals surface area (Å²) < 4.78 is 5.28. The van der Waals surface area contributed by atoms with Gasteiger partial charge in [-0.05, 0) is 63.6 Å². The summed E-state index contributed by atoms with van der Waals surface area (Å²) in [7, 11) is 1.69. The number of aryl methyl sites for hydroxylation is 1. The number of likely N-dealkylation sites (tertiary alicyclic amines) is 1. The summed E-state index contributed by atoms with van der Waals surface area (Å²) in [6.07, 6.45) is 4.68. The fourth-order valence-electron chi connectivity index (χ4n) is 3.11. The fourth-order valence-corrected chi connectivity index (χ4v) is 3.11. The number of methoxy groups -OCH3 is 1. The number of rotatable bonds is 6. The highest BCUT2D eigenvalue weighted by atomic mass is 16.5. The summed E-state index contributed by atoms with van der Waals surface area (Å²) in [4.78, 5) is 14.8. The zero-order valence-electron chi connectivity index (χ0n) is 14.5. The van der Waals surface area contributed by atoms with E-state index >= 15 is 0 Å². The average molecular weight is 319 g/mol. The van der Waals surface area contributed by atoms with Gasteiger partial charge in [-0.1, -0.05) is 12.1 Å². The van der Waals surface area contributed by atoms with Gasteiger partial charge < -0.3 is 14.7 Å². The van der Waals surface area contributed by atoms with Crippen LogP contribution < -0.4 is 0 Å². The van der Waals surface area contributed by atoms with Gasteiger partial charge in [0.15, 0.2) is 0 Å². The van der Waals surface area contributed by atoms with Crippen molar-refractivity contribution in [3.05, 3.63) is 35.4 Å². The number of ether oxygens (including phenoxy) is 1. The molecule has 1 saturated heterocycles. The molecule has 0 spiro atoms. The molecule has 2 rings (SSSR count). The number of piperidine rings is 1. The van der Waals surface area contributed by atoms with Crippen molar-refractivity contribution in [1.82, 2.24) is 4.90 Å². The third-order valence-electron chi connectivity index (χ3n) is 4.45. The Kier molecular flexibility index (Phi) is 6.19. The first kappa shape index (κ1) is 18.0. The molecule has 0 radical (unpaired) electrons. The summed E-state index contributed by atoms with van der Waals surface area (Å²) >= 11 is 0. The van der Waals surface area contributed by atoms with Gasteiger partial charge in [-0.3, -0.25) is 4.79 Å². The molecule has 0 aliphatic carbocycles. The van der Waals surface area contributed by atoms with Crippen LogP contribution in [-0.2, 0) is 11.2 Å². The molecule has 4 nitrogen and oxygen atoms in total. The molecule has 4 heteroatoms. The number of nitrogens with zero attached hydrogens (tertiary/aromatic N) is 1. The van der Waals surface area contributed by atoms with Crippen LogP contribution in [0.15, 0.2) is 24.3 Å². The van der Waals surface area contributed by atoms with Crippen molar-refractivity contribution in [3.8, 4) is 0 Å². The molecule has 1 amide bonds. The average Bonchev–Trinajstić information content (AvgIpc) is 2.53. The number of hydrogen-bond acceptors (Lipinski definition) is 3. The van der Waals surface area contributed by atoms with E-state index in [0.717, 1.165) is 43.4 Å². The van der Waals surface area contributed by atoms with Crippen LogP contribution in [0.4, 0.5) is 0 Å². The minimum absolute atomic E-state index is 0.0943. The van der Waals surface area contributed by atoms with E-state index in [-0.39, 0.29) is 11.9 Å². The predicted molar refractivity (Wildman–Crippen MR) is 91.6 cm³/mol. The van der Waals surface area contributed by atoms with Crippen molar-refractivity contribution in [2.24, 2.45) is 0 Å². The Morgan fingerprint density at radius 2 is 2.17 bits per heavy atom. The molecule has 0 unspecified atom stereocenters. The quantitative estimate of drug-likeness (QED) is 0.877. The zero-order valence-corrected chi connectivity index (χ0v) is 14.5. The SMILES string of the molecule is COC[C@@H]1CCCCN1C(=O)c1cccc(CCC(C)(C)O)c1. The highest BCUT2D eigenvalue weighted by Gasteiger charge is 2.27. The molecule has 1 heterocycles. The Labute approximate surface area is 139 Å². The molecule has 0 bridgehead atoms. The molecule has 1 atom stereocenters. The van der Waals surface area contributed by atoms with Gasteiger partial charge in [-0.2, -0.15) is 0 Å². The van der Waals surface area contributed by atoms with E-state index in [1.54, 1.807) is 7.11 Å². The maximum atomic E-state index is 12.9. The van der Waals surface area contributed by atoms with E-state index in [2.05, 4.69) is 0 Å². The lowest BCUT2D eigenvalue weighted by Gasteiger charge is -2.35. The normalized spacial score (nSPS) is 19.0. The van der Waals surface area contributed by atoms with Crippen molar-refractivity contribution >= 4 is 5.91 Å². The topological polar surface area (TPSA) is 49.8 Å². The third kappa shape index (κ3) is 5.33. The van der Waals surface area contributed by atoms with Crippen LogP contribution in [0, 0.1) is 0 Å². The third-order valence-corrected chi connectivity index (χ3v) is 4.45. The second kappa shape index (κ2) is 7.93. The fraction of sp³-hybridized carbons (Fsp3) is 0.632. The summed E-state index contributed by atoms with van der Waals surface area (Å²) in [6, 6.07) is 7.98. The van der Waals surface area contributed by atoms with Crippen LogP contribution in [0.25, 0.3) is 0 Å². The van der Waals surface area contributed by atoms with Gasteiger partial charge in [-0.15, -0.1) is 0 Å². The number of carbonyl (C=O) groups excluding carboxylic acids is 1. The van der Waals surface area contributed by atoms with Gasteiger partial charge in [0.1, 0.15) is 0 Å². The number of hydrogen-bond donors (Lipinski definition) is 1. The molecule has 0 aromatic heterocycles. The lowest BCUT2D eigenvalue weighted by molar-refractivity contribution is 0.0428. The van der Waals surface area contributed by atoms with Crippen molar-refractivity contribution in [3.63, 3.8) is 0 Å². The van der Waals surface area contributed by atoms with Crippen molar-refractivity contribution in [2.75, 3.05) is 20.3 Å². The smallest absolute Gasteiger partial charge is 0.254 e. The van der Waals surface area contributed by atoms with E-state index in [1.165, 1.54) is 0 Å². The van der Waals surface area contributed by atoms with Crippen molar-refractivity contribution in [1.29, 1.82) is 0 Å². The number of amides is 1. The standard InChI is InChI=1S/C19H29NO3/c1-19(2,22)11-10-15-7-6-8-16(13-15)18(21)20-12-5-4-9-17(20)14-23-3/h6-8,13,17,22H,4-5,9-12,14H2,1-3H3/t17-/m0/s1. The highest BCUT2D eigenvalue weighted by molar-refractivity contribution is 5.94. The van der Waals surface area contributed by atoms with Gasteiger partial charge in [0.05, 0.1) is 18.2 Å². The van der Waals surface area contributed by atoms with Gasteiger partial charge in [0.25, 0.3) is 5.91 Å². The van der Waals surface area contributed by atoms with E-state index in [4.69, 9.17) is 4.74 Å². The molecular formula is C19H29NO3. The molecule has 1 fully saturated rings. The Bertz CT molecular complexity index is 520. The second-order valence-electron chi connectivity index (χ2n) is 7.12. The second-order valence-corrected chi connectivity index (χ2v) is 7.12. The molecule has 1 aromatic carbocycles. The van der Waals surface area contributed by atoms with E-state index in [9.17, 15) is 9.90 Å². The lowest BCUT2D eigenvalue weighted by atomic mass is 9.97. The molecular weight excluding hydrogens is 290 g/mol.